The Balaban J connectivity index is 1.38. The molecular weight excluding hydrogens is 593 g/mol. The van der Waals surface area contributed by atoms with Gasteiger partial charge in [-0.15, -0.1) is 23.1 Å². The Bertz CT molecular complexity index is 1590. The number of alkyl halides is 4. The molecule has 1 saturated heterocycles. The van der Waals surface area contributed by atoms with Gasteiger partial charge in [0.05, 0.1) is 44.0 Å². The summed E-state index contributed by atoms with van der Waals surface area (Å²) in [6.45, 7) is 1.24. The van der Waals surface area contributed by atoms with Gasteiger partial charge in [0.2, 0.25) is 0 Å². The summed E-state index contributed by atoms with van der Waals surface area (Å²) in [4.78, 5) is 3.62. The van der Waals surface area contributed by atoms with Crippen molar-refractivity contribution in [1.29, 1.82) is 4.78 Å². The molecule has 41 heavy (non-hydrogen) atoms. The van der Waals surface area contributed by atoms with E-state index < -0.39 is 34.5 Å². The van der Waals surface area contributed by atoms with Crippen molar-refractivity contribution in [3.8, 4) is 11.8 Å². The lowest BCUT2D eigenvalue weighted by atomic mass is 10.0. The first-order valence-corrected chi connectivity index (χ1v) is 17.0. The van der Waals surface area contributed by atoms with Crippen LogP contribution in [0.3, 0.4) is 0 Å². The van der Waals surface area contributed by atoms with Crippen LogP contribution in [-0.4, -0.2) is 65.7 Å². The number of fused-ring (bicyclic) bond motifs is 1. The SMILES string of the molecule is CSc1cc(S(=N)(=O)C2CC2)ccc1NCC#Cc1sc2c(N[C@@H]3CCN(C)C[C@H]3F)cccc2c1CC(F)(F)F. The van der Waals surface area contributed by atoms with Crippen molar-refractivity contribution in [2.45, 2.75) is 59.1 Å². The molecule has 5 nitrogen and oxygen atoms in total. The van der Waals surface area contributed by atoms with Gasteiger partial charge in [0.15, 0.2) is 0 Å². The lowest BCUT2D eigenvalue weighted by molar-refractivity contribution is -0.126. The highest BCUT2D eigenvalue weighted by molar-refractivity contribution is 7.98. The van der Waals surface area contributed by atoms with E-state index in [0.717, 1.165) is 30.0 Å². The molecule has 12 heteroatoms. The zero-order chi connectivity index (χ0) is 29.4. The van der Waals surface area contributed by atoms with Crippen LogP contribution in [0.15, 0.2) is 46.2 Å². The number of rotatable bonds is 8. The maximum atomic E-state index is 14.7. The molecule has 1 saturated carbocycles. The van der Waals surface area contributed by atoms with Gasteiger partial charge in [-0.1, -0.05) is 24.0 Å². The van der Waals surface area contributed by atoms with Crippen molar-refractivity contribution < 1.29 is 21.8 Å². The van der Waals surface area contributed by atoms with E-state index in [1.165, 1.54) is 23.1 Å². The minimum absolute atomic E-state index is 0.0763. The molecule has 1 aliphatic carbocycles. The summed E-state index contributed by atoms with van der Waals surface area (Å²) >= 11 is 2.66. The molecule has 1 unspecified atom stereocenters. The Labute approximate surface area is 246 Å². The van der Waals surface area contributed by atoms with Crippen LogP contribution in [0.1, 0.15) is 29.7 Å². The van der Waals surface area contributed by atoms with E-state index in [-0.39, 0.29) is 17.4 Å². The molecule has 220 valence electrons. The van der Waals surface area contributed by atoms with Gasteiger partial charge < -0.3 is 15.5 Å². The summed E-state index contributed by atoms with van der Waals surface area (Å²) in [6, 6.07) is 10.0. The predicted molar refractivity (Wildman–Crippen MR) is 162 cm³/mol. The molecular formula is C29H32F4N4OS3. The Hall–Kier alpha value is -2.46. The number of piperidine rings is 1. The van der Waals surface area contributed by atoms with E-state index in [2.05, 4.69) is 22.5 Å². The molecule has 0 amide bonds. The van der Waals surface area contributed by atoms with Crippen LogP contribution >= 0.6 is 23.1 Å². The number of benzene rings is 2. The van der Waals surface area contributed by atoms with Crippen molar-refractivity contribution in [3.63, 3.8) is 0 Å². The molecule has 1 aromatic heterocycles. The molecule has 2 fully saturated rings. The Kier molecular flexibility index (Phi) is 8.81. The Morgan fingerprint density at radius 1 is 1.20 bits per heavy atom. The summed E-state index contributed by atoms with van der Waals surface area (Å²) in [7, 11) is -0.947. The zero-order valence-electron chi connectivity index (χ0n) is 22.7. The third-order valence-corrected chi connectivity index (χ3v) is 11.7. The monoisotopic (exact) mass is 624 g/mol. The molecule has 0 spiro atoms. The highest BCUT2D eigenvalue weighted by atomic mass is 32.2. The predicted octanol–water partition coefficient (Wildman–Crippen LogP) is 7.21. The van der Waals surface area contributed by atoms with Crippen molar-refractivity contribution in [2.75, 3.05) is 43.6 Å². The number of thioether (sulfide) groups is 1. The quantitative estimate of drug-likeness (QED) is 0.140. The fraction of sp³-hybridized carbons (Fsp3) is 0.448. The number of nitrogens with zero attached hydrogens (tertiary/aromatic N) is 1. The molecule has 2 aliphatic rings. The fourth-order valence-corrected chi connectivity index (χ4v) is 8.64. The van der Waals surface area contributed by atoms with Crippen LogP contribution in [0.4, 0.5) is 28.9 Å². The van der Waals surface area contributed by atoms with Crippen molar-refractivity contribution in [3.05, 3.63) is 46.8 Å². The van der Waals surface area contributed by atoms with Crippen molar-refractivity contribution >= 4 is 54.3 Å². The summed E-state index contributed by atoms with van der Waals surface area (Å²) in [6.07, 6.45) is -2.46. The first-order valence-electron chi connectivity index (χ1n) is 13.3. The second-order valence-electron chi connectivity index (χ2n) is 10.5. The second kappa shape index (κ2) is 12.0. The fourth-order valence-electron chi connectivity index (χ4n) is 5.04. The Morgan fingerprint density at radius 2 is 1.98 bits per heavy atom. The average molecular weight is 625 g/mol. The first-order chi connectivity index (χ1) is 19.5. The molecule has 2 heterocycles. The van der Waals surface area contributed by atoms with Crippen molar-refractivity contribution in [2.24, 2.45) is 0 Å². The maximum Gasteiger partial charge on any atom is 0.393 e. The smallest absolute Gasteiger partial charge is 0.378 e. The summed E-state index contributed by atoms with van der Waals surface area (Å²) in [5.41, 5.74) is 1.52. The van der Waals surface area contributed by atoms with Crippen LogP contribution < -0.4 is 10.6 Å². The minimum atomic E-state index is -4.41. The number of nitrogens with one attached hydrogen (secondary N) is 3. The molecule has 3 N–H and O–H groups in total. The van der Waals surface area contributed by atoms with E-state index in [1.54, 1.807) is 36.4 Å². The Morgan fingerprint density at radius 3 is 2.66 bits per heavy atom. The van der Waals surface area contributed by atoms with Crippen LogP contribution in [0.25, 0.3) is 10.1 Å². The molecule has 0 bridgehead atoms. The summed E-state index contributed by atoms with van der Waals surface area (Å²) in [5, 5.41) is 6.87. The van der Waals surface area contributed by atoms with E-state index in [4.69, 9.17) is 4.78 Å². The third-order valence-electron chi connectivity index (χ3n) is 7.37. The number of likely N-dealkylation sites (tertiary alicyclic amines) is 1. The van der Waals surface area contributed by atoms with E-state index in [1.807, 2.05) is 18.2 Å². The van der Waals surface area contributed by atoms with Crippen LogP contribution in [0, 0.1) is 16.6 Å². The molecule has 2 aromatic carbocycles. The average Bonchev–Trinajstić information content (AvgIpc) is 3.72. The minimum Gasteiger partial charge on any atom is -0.378 e. The van der Waals surface area contributed by atoms with Gasteiger partial charge in [-0.3, -0.25) is 0 Å². The van der Waals surface area contributed by atoms with Gasteiger partial charge in [0.25, 0.3) is 0 Å². The van der Waals surface area contributed by atoms with Gasteiger partial charge >= 0.3 is 6.18 Å². The second-order valence-corrected chi connectivity index (χ2v) is 14.7. The molecule has 1 aliphatic heterocycles. The molecule has 3 aromatic rings. The van der Waals surface area contributed by atoms with Gasteiger partial charge in [-0.25, -0.2) is 13.4 Å². The summed E-state index contributed by atoms with van der Waals surface area (Å²) < 4.78 is 77.2. The third kappa shape index (κ3) is 6.96. The maximum absolute atomic E-state index is 14.7. The first kappa shape index (κ1) is 30.0. The number of hydrogen-bond donors (Lipinski definition) is 3. The van der Waals surface area contributed by atoms with Gasteiger partial charge in [-0.05, 0) is 67.8 Å². The highest BCUT2D eigenvalue weighted by Crippen LogP contribution is 2.40. The number of thiophene rings is 1. The lowest BCUT2D eigenvalue weighted by Gasteiger charge is -2.33. The largest absolute Gasteiger partial charge is 0.393 e. The van der Waals surface area contributed by atoms with E-state index >= 15 is 0 Å². The number of halogens is 4. The zero-order valence-corrected chi connectivity index (χ0v) is 25.2. The van der Waals surface area contributed by atoms with Crippen LogP contribution in [0.2, 0.25) is 0 Å². The van der Waals surface area contributed by atoms with Gasteiger partial charge in [0, 0.05) is 33.8 Å². The molecule has 3 atom stereocenters. The normalized spacial score (nSPS) is 21.2. The standard InChI is InChI=1S/C29H32F4N4OS3/c1-37-14-12-23(22(30)17-37)36-25-6-3-5-20-21(16-29(31,32)33)26(40-28(20)25)7-4-13-35-24-11-10-19(15-27(24)39-2)41(34,38)18-8-9-18/h3,5-6,10-11,15,18,22-23,34-36H,8-9,12-14,16-17H2,1-2H3/t22-,23-,41?/m1/s1. The highest BCUT2D eigenvalue weighted by Gasteiger charge is 2.34. The van der Waals surface area contributed by atoms with Crippen molar-refractivity contribution in [1.82, 2.24) is 4.90 Å². The lowest BCUT2D eigenvalue weighted by Crippen LogP contribution is -2.46. The molecule has 0 radical (unpaired) electrons. The van der Waals surface area contributed by atoms with E-state index in [9.17, 15) is 21.8 Å². The number of anilines is 2. The summed E-state index contributed by atoms with van der Waals surface area (Å²) in [5.74, 6) is 5.92. The molecule has 5 rings (SSSR count). The van der Waals surface area contributed by atoms with Crippen LogP contribution in [0.5, 0.6) is 0 Å². The van der Waals surface area contributed by atoms with Gasteiger partial charge in [-0.2, -0.15) is 13.2 Å². The van der Waals surface area contributed by atoms with Crippen LogP contribution in [-0.2, 0) is 16.1 Å². The topological polar surface area (TPSA) is 68.2 Å². The number of hydrogen-bond acceptors (Lipinski definition) is 7. The van der Waals surface area contributed by atoms with E-state index in [0.29, 0.717) is 38.5 Å². The van der Waals surface area contributed by atoms with Gasteiger partial charge in [0.1, 0.15) is 6.17 Å².